The normalized spacial score (nSPS) is 12.5. The molecule has 3 aromatic rings. The van der Waals surface area contributed by atoms with Gasteiger partial charge in [-0.15, -0.1) is 0 Å². The molecule has 2 heterocycles. The lowest BCUT2D eigenvalue weighted by Crippen LogP contribution is -2.26. The first-order chi connectivity index (χ1) is 9.66. The monoisotopic (exact) mass is 268 g/mol. The van der Waals surface area contributed by atoms with Crippen molar-refractivity contribution >= 4 is 16.8 Å². The van der Waals surface area contributed by atoms with Gasteiger partial charge in [0.15, 0.2) is 0 Å². The van der Waals surface area contributed by atoms with Crippen molar-refractivity contribution in [2.24, 2.45) is 0 Å². The molecule has 0 aliphatic carbocycles. The van der Waals surface area contributed by atoms with Gasteiger partial charge in [0.05, 0.1) is 17.8 Å². The van der Waals surface area contributed by atoms with Crippen LogP contribution in [0.4, 0.5) is 0 Å². The van der Waals surface area contributed by atoms with Crippen LogP contribution >= 0.6 is 0 Å². The summed E-state index contributed by atoms with van der Waals surface area (Å²) in [6, 6.07) is 7.73. The number of benzene rings is 1. The third kappa shape index (κ3) is 2.07. The highest BCUT2D eigenvalue weighted by Crippen LogP contribution is 2.22. The Kier molecular flexibility index (Phi) is 3.02. The van der Waals surface area contributed by atoms with Gasteiger partial charge in [0.1, 0.15) is 0 Å². The second-order valence-electron chi connectivity index (χ2n) is 4.90. The number of hydrogen-bond donors (Lipinski definition) is 3. The predicted molar refractivity (Wildman–Crippen MR) is 77.5 cm³/mol. The van der Waals surface area contributed by atoms with E-state index in [1.165, 1.54) is 0 Å². The Labute approximate surface area is 116 Å². The van der Waals surface area contributed by atoms with Crippen LogP contribution < -0.4 is 5.32 Å². The molecule has 1 aromatic carbocycles. The summed E-state index contributed by atoms with van der Waals surface area (Å²) in [6.45, 7) is 3.85. The summed E-state index contributed by atoms with van der Waals surface area (Å²) >= 11 is 0. The molecule has 2 aromatic heterocycles. The van der Waals surface area contributed by atoms with Gasteiger partial charge in [-0.2, -0.15) is 5.10 Å². The molecule has 1 amide bonds. The molecule has 20 heavy (non-hydrogen) atoms. The maximum Gasteiger partial charge on any atom is 0.254 e. The fraction of sp³-hybridized carbons (Fsp3) is 0.200. The maximum atomic E-state index is 12.5. The van der Waals surface area contributed by atoms with Gasteiger partial charge >= 0.3 is 0 Å². The predicted octanol–water partition coefficient (Wildman–Crippen LogP) is 2.69. The van der Waals surface area contributed by atoms with Crippen molar-refractivity contribution in [3.05, 3.63) is 53.5 Å². The van der Waals surface area contributed by atoms with Crippen molar-refractivity contribution in [1.82, 2.24) is 20.5 Å². The molecule has 5 nitrogen and oxygen atoms in total. The average molecular weight is 268 g/mol. The number of H-pyrrole nitrogens is 2. The molecular weight excluding hydrogens is 252 g/mol. The van der Waals surface area contributed by atoms with E-state index >= 15 is 0 Å². The van der Waals surface area contributed by atoms with E-state index in [1.54, 1.807) is 12.4 Å². The first-order valence-corrected chi connectivity index (χ1v) is 6.53. The fourth-order valence-corrected chi connectivity index (χ4v) is 2.42. The maximum absolute atomic E-state index is 12.5. The lowest BCUT2D eigenvalue weighted by Gasteiger charge is -2.12. The summed E-state index contributed by atoms with van der Waals surface area (Å²) in [5.74, 6) is -0.0753. The topological polar surface area (TPSA) is 73.6 Å². The number of fused-ring (bicyclic) bond motifs is 1. The molecule has 3 N–H and O–H groups in total. The molecule has 0 spiro atoms. The Balaban J connectivity index is 1.91. The van der Waals surface area contributed by atoms with E-state index in [0.29, 0.717) is 5.56 Å². The van der Waals surface area contributed by atoms with Gasteiger partial charge in [-0.05, 0) is 19.9 Å². The highest BCUT2D eigenvalue weighted by molar-refractivity contribution is 6.08. The van der Waals surface area contributed by atoms with Crippen molar-refractivity contribution in [3.8, 4) is 0 Å². The second-order valence-corrected chi connectivity index (χ2v) is 4.90. The van der Waals surface area contributed by atoms with Gasteiger partial charge in [0.2, 0.25) is 0 Å². The first kappa shape index (κ1) is 12.5. The van der Waals surface area contributed by atoms with Crippen molar-refractivity contribution in [2.75, 3.05) is 0 Å². The van der Waals surface area contributed by atoms with Crippen molar-refractivity contribution < 1.29 is 4.79 Å². The minimum absolute atomic E-state index is 0.0753. The van der Waals surface area contributed by atoms with Gasteiger partial charge in [-0.25, -0.2) is 0 Å². The number of carbonyl (C=O) groups excluding carboxylic acids is 1. The molecule has 5 heteroatoms. The van der Waals surface area contributed by atoms with Crippen LogP contribution in [0.2, 0.25) is 0 Å². The first-order valence-electron chi connectivity index (χ1n) is 6.53. The minimum Gasteiger partial charge on any atom is -0.358 e. The van der Waals surface area contributed by atoms with E-state index in [2.05, 4.69) is 20.5 Å². The van der Waals surface area contributed by atoms with Crippen LogP contribution in [0.1, 0.15) is 34.6 Å². The number of carbonyl (C=O) groups is 1. The zero-order valence-corrected chi connectivity index (χ0v) is 11.4. The largest absolute Gasteiger partial charge is 0.358 e. The Morgan fingerprint density at radius 2 is 2.15 bits per heavy atom. The quantitative estimate of drug-likeness (QED) is 0.683. The molecule has 0 aliphatic rings. The van der Waals surface area contributed by atoms with Crippen LogP contribution in [0.25, 0.3) is 10.9 Å². The Bertz CT molecular complexity index is 742. The van der Waals surface area contributed by atoms with Gasteiger partial charge in [-0.1, -0.05) is 18.2 Å². The molecule has 0 aliphatic heterocycles. The standard InChI is InChI=1S/C15H16N4O/c1-9(11-7-16-17-8-11)19-15(20)14-10(2)18-13-6-4-3-5-12(13)14/h3-9,18H,1-2H3,(H,16,17)(H,19,20). The summed E-state index contributed by atoms with van der Waals surface area (Å²) in [5, 5.41) is 10.6. The van der Waals surface area contributed by atoms with E-state index < -0.39 is 0 Å². The number of hydrogen-bond acceptors (Lipinski definition) is 2. The number of nitrogens with one attached hydrogen (secondary N) is 3. The molecule has 0 saturated heterocycles. The Morgan fingerprint density at radius 1 is 1.35 bits per heavy atom. The number of para-hydroxylation sites is 1. The van der Waals surface area contributed by atoms with Gasteiger partial charge in [0, 0.05) is 28.4 Å². The van der Waals surface area contributed by atoms with E-state index in [4.69, 9.17) is 0 Å². The number of amides is 1. The highest BCUT2D eigenvalue weighted by Gasteiger charge is 2.18. The van der Waals surface area contributed by atoms with Crippen LogP contribution in [0.5, 0.6) is 0 Å². The molecule has 0 fully saturated rings. The lowest BCUT2D eigenvalue weighted by molar-refractivity contribution is 0.0941. The van der Waals surface area contributed by atoms with Crippen LogP contribution in [-0.2, 0) is 0 Å². The number of aromatic nitrogens is 3. The number of aromatic amines is 2. The summed E-state index contributed by atoms with van der Waals surface area (Å²) in [4.78, 5) is 15.7. The van der Waals surface area contributed by atoms with E-state index in [1.807, 2.05) is 38.1 Å². The summed E-state index contributed by atoms with van der Waals surface area (Å²) in [7, 11) is 0. The summed E-state index contributed by atoms with van der Waals surface area (Å²) in [5.41, 5.74) is 3.51. The van der Waals surface area contributed by atoms with E-state index in [0.717, 1.165) is 22.2 Å². The van der Waals surface area contributed by atoms with Crippen LogP contribution in [0, 0.1) is 6.92 Å². The zero-order chi connectivity index (χ0) is 14.1. The molecule has 102 valence electrons. The molecule has 0 radical (unpaired) electrons. The van der Waals surface area contributed by atoms with Crippen molar-refractivity contribution in [1.29, 1.82) is 0 Å². The van der Waals surface area contributed by atoms with Crippen molar-refractivity contribution in [3.63, 3.8) is 0 Å². The van der Waals surface area contributed by atoms with Crippen molar-refractivity contribution in [2.45, 2.75) is 19.9 Å². The number of aryl methyl sites for hydroxylation is 1. The highest BCUT2D eigenvalue weighted by atomic mass is 16.1. The SMILES string of the molecule is Cc1[nH]c2ccccc2c1C(=O)NC(C)c1cn[nH]c1. The van der Waals surface area contributed by atoms with Gasteiger partial charge < -0.3 is 10.3 Å². The molecular formula is C15H16N4O. The molecule has 1 unspecified atom stereocenters. The number of rotatable bonds is 3. The summed E-state index contributed by atoms with van der Waals surface area (Å²) in [6.07, 6.45) is 3.50. The van der Waals surface area contributed by atoms with Gasteiger partial charge in [-0.3, -0.25) is 9.89 Å². The molecule has 1 atom stereocenters. The second kappa shape index (κ2) is 4.85. The van der Waals surface area contributed by atoms with E-state index in [9.17, 15) is 4.79 Å². The summed E-state index contributed by atoms with van der Waals surface area (Å²) < 4.78 is 0. The Hall–Kier alpha value is -2.56. The molecule has 3 rings (SSSR count). The average Bonchev–Trinajstić information content (AvgIpc) is 3.04. The van der Waals surface area contributed by atoms with Crippen LogP contribution in [-0.4, -0.2) is 21.1 Å². The third-order valence-electron chi connectivity index (χ3n) is 3.49. The fourth-order valence-electron chi connectivity index (χ4n) is 2.42. The zero-order valence-electron chi connectivity index (χ0n) is 11.4. The lowest BCUT2D eigenvalue weighted by atomic mass is 10.1. The third-order valence-corrected chi connectivity index (χ3v) is 3.49. The molecule has 0 bridgehead atoms. The van der Waals surface area contributed by atoms with Crippen LogP contribution in [0.3, 0.4) is 0 Å². The minimum atomic E-state index is -0.0886. The molecule has 0 saturated carbocycles. The number of nitrogens with zero attached hydrogens (tertiary/aromatic N) is 1. The van der Waals surface area contributed by atoms with E-state index in [-0.39, 0.29) is 11.9 Å². The smallest absolute Gasteiger partial charge is 0.254 e. The van der Waals surface area contributed by atoms with Gasteiger partial charge in [0.25, 0.3) is 5.91 Å². The Morgan fingerprint density at radius 3 is 2.90 bits per heavy atom. The van der Waals surface area contributed by atoms with Crippen LogP contribution in [0.15, 0.2) is 36.7 Å².